The van der Waals surface area contributed by atoms with Gasteiger partial charge >= 0.3 is 0 Å². The zero-order valence-electron chi connectivity index (χ0n) is 16.6. The molecule has 2 N–H and O–H groups in total. The quantitative estimate of drug-likeness (QED) is 0.574. The summed E-state index contributed by atoms with van der Waals surface area (Å²) in [6, 6.07) is 14.8. The molecule has 0 saturated carbocycles. The van der Waals surface area contributed by atoms with Crippen molar-refractivity contribution in [1.29, 1.82) is 0 Å². The van der Waals surface area contributed by atoms with Gasteiger partial charge in [0, 0.05) is 18.9 Å². The Bertz CT molecular complexity index is 846. The van der Waals surface area contributed by atoms with Crippen molar-refractivity contribution in [3.8, 4) is 0 Å². The summed E-state index contributed by atoms with van der Waals surface area (Å²) >= 11 is 0. The van der Waals surface area contributed by atoms with Crippen LogP contribution < -0.4 is 14.7 Å². The lowest BCUT2D eigenvalue weighted by atomic mass is 10.0. The van der Waals surface area contributed by atoms with Crippen molar-refractivity contribution in [3.05, 3.63) is 70.0 Å². The van der Waals surface area contributed by atoms with Gasteiger partial charge in [-0.2, -0.15) is 0 Å². The normalized spacial score (nSPS) is 23.1. The first-order chi connectivity index (χ1) is 14.1. The molecule has 0 bridgehead atoms. The molecule has 0 unspecified atom stereocenters. The van der Waals surface area contributed by atoms with Gasteiger partial charge in [0.2, 0.25) is 0 Å². The maximum atomic E-state index is 14.0. The number of hydrogen-bond donors (Lipinski definition) is 2. The molecule has 2 aliphatic heterocycles. The lowest BCUT2D eigenvalue weighted by Gasteiger charge is -2.39. The largest absolute Gasteiger partial charge is 0.358 e. The van der Waals surface area contributed by atoms with Crippen LogP contribution in [0.2, 0.25) is 0 Å². The summed E-state index contributed by atoms with van der Waals surface area (Å²) < 4.78 is 14.0. The molecule has 2 fully saturated rings. The van der Waals surface area contributed by atoms with Gasteiger partial charge in [-0.25, -0.2) is 4.39 Å². The van der Waals surface area contributed by atoms with Crippen LogP contribution in [0.25, 0.3) is 0 Å². The van der Waals surface area contributed by atoms with E-state index in [4.69, 9.17) is 0 Å². The third-order valence-corrected chi connectivity index (χ3v) is 6.50. The van der Waals surface area contributed by atoms with E-state index in [0.29, 0.717) is 6.04 Å². The fourth-order valence-corrected chi connectivity index (χ4v) is 4.87. The molecule has 0 atom stereocenters. The van der Waals surface area contributed by atoms with Crippen molar-refractivity contribution in [2.75, 3.05) is 44.2 Å². The maximum absolute atomic E-state index is 14.0. The molecule has 7 heteroatoms. The number of anilines is 1. The summed E-state index contributed by atoms with van der Waals surface area (Å²) in [6.07, 6.45) is 2.29. The number of nitrogens with one attached hydrogen (secondary N) is 2. The lowest BCUT2D eigenvalue weighted by molar-refractivity contribution is -0.963. The van der Waals surface area contributed by atoms with E-state index in [2.05, 4.69) is 4.90 Å². The number of para-hydroxylation sites is 2. The number of likely N-dealkylation sites (tertiary alicyclic amines) is 1. The highest BCUT2D eigenvalue weighted by Gasteiger charge is 2.33. The maximum Gasteiger partial charge on any atom is 0.278 e. The fraction of sp³-hybridized carbons (Fsp3) is 0.455. The van der Waals surface area contributed by atoms with E-state index in [1.807, 2.05) is 24.3 Å². The van der Waals surface area contributed by atoms with Gasteiger partial charge in [-0.1, -0.05) is 24.3 Å². The van der Waals surface area contributed by atoms with E-state index < -0.39 is 0 Å². The summed E-state index contributed by atoms with van der Waals surface area (Å²) in [6.45, 7) is 6.69. The Balaban J connectivity index is 1.28. The van der Waals surface area contributed by atoms with Crippen molar-refractivity contribution in [2.45, 2.75) is 25.4 Å². The summed E-state index contributed by atoms with van der Waals surface area (Å²) in [7, 11) is 0. The molecular formula is C22H29FN4O2+2. The highest BCUT2D eigenvalue weighted by atomic mass is 19.1. The van der Waals surface area contributed by atoms with Gasteiger partial charge in [0.1, 0.15) is 12.4 Å². The predicted molar refractivity (Wildman–Crippen MR) is 110 cm³/mol. The standard InChI is InChI=1S/C22H27FN4O2/c23-20-6-2-4-8-22(20)26-15-13-25(14-16-26)19-9-11-24(12-10-19)17-18-5-1-3-7-21(18)27(28)29/h1-8,19H,9-17H2/p+2. The van der Waals surface area contributed by atoms with Crippen LogP contribution in [0.4, 0.5) is 15.8 Å². The van der Waals surface area contributed by atoms with Crippen LogP contribution in [0, 0.1) is 15.9 Å². The number of piperidine rings is 1. The molecule has 29 heavy (non-hydrogen) atoms. The van der Waals surface area contributed by atoms with Crippen LogP contribution >= 0.6 is 0 Å². The van der Waals surface area contributed by atoms with Crippen LogP contribution in [0.1, 0.15) is 18.4 Å². The van der Waals surface area contributed by atoms with Crippen molar-refractivity contribution >= 4 is 11.4 Å². The summed E-state index contributed by atoms with van der Waals surface area (Å²) in [5.74, 6) is -0.136. The number of benzene rings is 2. The van der Waals surface area contributed by atoms with Gasteiger partial charge in [-0.3, -0.25) is 10.1 Å². The van der Waals surface area contributed by atoms with Crippen LogP contribution in [0.3, 0.4) is 0 Å². The lowest BCUT2D eigenvalue weighted by Crippen LogP contribution is -3.21. The van der Waals surface area contributed by atoms with E-state index in [0.717, 1.165) is 69.9 Å². The Labute approximate surface area is 170 Å². The van der Waals surface area contributed by atoms with Crippen LogP contribution in [0.15, 0.2) is 48.5 Å². The van der Waals surface area contributed by atoms with Gasteiger partial charge in [0.15, 0.2) is 0 Å². The van der Waals surface area contributed by atoms with Gasteiger partial charge in [0.25, 0.3) is 5.69 Å². The number of nitrogens with zero attached hydrogens (tertiary/aromatic N) is 2. The minimum atomic E-state index is -0.277. The predicted octanol–water partition coefficient (Wildman–Crippen LogP) is 0.686. The second-order valence-electron chi connectivity index (χ2n) is 8.18. The minimum Gasteiger partial charge on any atom is -0.358 e. The Morgan fingerprint density at radius 1 is 1.00 bits per heavy atom. The summed E-state index contributed by atoms with van der Waals surface area (Å²) in [4.78, 5) is 16.2. The molecule has 0 aliphatic carbocycles. The highest BCUT2D eigenvalue weighted by molar-refractivity contribution is 5.47. The first-order valence-electron chi connectivity index (χ1n) is 10.5. The fourth-order valence-electron chi connectivity index (χ4n) is 4.87. The Morgan fingerprint density at radius 3 is 2.34 bits per heavy atom. The van der Waals surface area contributed by atoms with Gasteiger partial charge in [0.05, 0.1) is 61.5 Å². The Kier molecular flexibility index (Phi) is 6.06. The molecule has 2 heterocycles. The smallest absolute Gasteiger partial charge is 0.278 e. The average Bonchev–Trinajstić information content (AvgIpc) is 2.75. The Morgan fingerprint density at radius 2 is 1.66 bits per heavy atom. The van der Waals surface area contributed by atoms with Gasteiger partial charge in [-0.15, -0.1) is 0 Å². The molecule has 0 amide bonds. The van der Waals surface area contributed by atoms with Crippen LogP contribution in [0.5, 0.6) is 0 Å². The molecule has 2 aliphatic rings. The molecular weight excluding hydrogens is 371 g/mol. The van der Waals surface area contributed by atoms with Crippen molar-refractivity contribution in [2.24, 2.45) is 0 Å². The van der Waals surface area contributed by atoms with E-state index >= 15 is 0 Å². The first kappa shape index (κ1) is 19.8. The molecule has 0 spiro atoms. The van der Waals surface area contributed by atoms with E-state index in [1.165, 1.54) is 11.0 Å². The highest BCUT2D eigenvalue weighted by Crippen LogP contribution is 2.19. The average molecular weight is 400 g/mol. The molecule has 2 aromatic rings. The number of rotatable bonds is 5. The monoisotopic (exact) mass is 400 g/mol. The van der Waals surface area contributed by atoms with E-state index in [9.17, 15) is 14.5 Å². The van der Waals surface area contributed by atoms with E-state index in [1.54, 1.807) is 23.1 Å². The zero-order chi connectivity index (χ0) is 20.2. The second-order valence-corrected chi connectivity index (χ2v) is 8.18. The van der Waals surface area contributed by atoms with Crippen molar-refractivity contribution in [3.63, 3.8) is 0 Å². The molecule has 0 radical (unpaired) electrons. The Hall–Kier alpha value is -2.51. The molecule has 154 valence electrons. The number of hydrogen-bond acceptors (Lipinski definition) is 3. The number of halogens is 1. The van der Waals surface area contributed by atoms with Gasteiger partial charge in [-0.05, 0) is 18.2 Å². The number of nitro benzene ring substituents is 1. The third-order valence-electron chi connectivity index (χ3n) is 6.50. The van der Waals surface area contributed by atoms with E-state index in [-0.39, 0.29) is 16.4 Å². The van der Waals surface area contributed by atoms with Crippen LogP contribution in [-0.4, -0.2) is 50.2 Å². The number of quaternary nitrogens is 2. The first-order valence-corrected chi connectivity index (χ1v) is 10.5. The number of piperazine rings is 1. The summed E-state index contributed by atoms with van der Waals surface area (Å²) in [5, 5.41) is 11.2. The zero-order valence-corrected chi connectivity index (χ0v) is 16.6. The summed E-state index contributed by atoms with van der Waals surface area (Å²) in [5.41, 5.74) is 1.78. The van der Waals surface area contributed by atoms with Crippen molar-refractivity contribution in [1.82, 2.24) is 0 Å². The minimum absolute atomic E-state index is 0.136. The molecule has 6 nitrogen and oxygen atoms in total. The third kappa shape index (κ3) is 4.57. The van der Waals surface area contributed by atoms with Crippen LogP contribution in [-0.2, 0) is 6.54 Å². The van der Waals surface area contributed by atoms with Crippen molar-refractivity contribution < 1.29 is 19.1 Å². The topological polar surface area (TPSA) is 55.3 Å². The second kappa shape index (κ2) is 8.88. The molecule has 0 aromatic heterocycles. The molecule has 2 aromatic carbocycles. The van der Waals surface area contributed by atoms with Gasteiger partial charge < -0.3 is 14.7 Å². The molecule has 2 saturated heterocycles. The SMILES string of the molecule is O=[N+]([O-])c1ccccc1C[NH+]1CCC([NH+]2CCN(c3ccccc3F)CC2)CC1. The molecule has 4 rings (SSSR count). The number of nitro groups is 1.